The lowest BCUT2D eigenvalue weighted by Gasteiger charge is -2.24. The van der Waals surface area contributed by atoms with Crippen LogP contribution in [0, 0.1) is 13.8 Å². The molecule has 7 nitrogen and oxygen atoms in total. The van der Waals surface area contributed by atoms with Crippen LogP contribution in [0.1, 0.15) is 41.8 Å². The van der Waals surface area contributed by atoms with E-state index in [1.165, 1.54) is 0 Å². The number of nitrogens with one attached hydrogen (secondary N) is 2. The molecule has 0 aliphatic heterocycles. The zero-order valence-electron chi connectivity index (χ0n) is 18.0. The van der Waals surface area contributed by atoms with Crippen LogP contribution in [0.4, 0.5) is 11.4 Å². The minimum absolute atomic E-state index is 0.00787. The number of nitrogens with zero attached hydrogens (tertiary/aromatic N) is 1. The van der Waals surface area contributed by atoms with E-state index in [4.69, 9.17) is 0 Å². The van der Waals surface area contributed by atoms with Crippen LogP contribution in [-0.4, -0.2) is 39.1 Å². The average molecular weight is 432 g/mol. The number of rotatable bonds is 8. The van der Waals surface area contributed by atoms with E-state index in [9.17, 15) is 18.0 Å². The topological polar surface area (TPSA) is 95.6 Å². The van der Waals surface area contributed by atoms with Gasteiger partial charge in [0.1, 0.15) is 6.54 Å². The third-order valence-electron chi connectivity index (χ3n) is 4.74. The monoisotopic (exact) mass is 431 g/mol. The number of aryl methyl sites for hydroxylation is 2. The molecule has 0 radical (unpaired) electrons. The lowest BCUT2D eigenvalue weighted by Crippen LogP contribution is -2.38. The van der Waals surface area contributed by atoms with E-state index in [0.717, 1.165) is 28.1 Å². The number of hydrogen-bond donors (Lipinski definition) is 2. The molecule has 1 atom stereocenters. The number of sulfonamides is 1. The molecule has 0 aliphatic carbocycles. The zero-order chi connectivity index (χ0) is 22.5. The number of carbonyl (C=O) groups is 2. The predicted octanol–water partition coefficient (Wildman–Crippen LogP) is 3.24. The minimum atomic E-state index is -3.69. The van der Waals surface area contributed by atoms with Crippen molar-refractivity contribution in [1.29, 1.82) is 0 Å². The second-order valence-electron chi connectivity index (χ2n) is 7.44. The van der Waals surface area contributed by atoms with Crippen LogP contribution in [0.15, 0.2) is 42.5 Å². The number of amides is 2. The van der Waals surface area contributed by atoms with Gasteiger partial charge in [0.05, 0.1) is 23.2 Å². The van der Waals surface area contributed by atoms with Gasteiger partial charge in [-0.25, -0.2) is 8.42 Å². The number of anilines is 2. The minimum Gasteiger partial charge on any atom is -0.350 e. The normalized spacial score (nSPS) is 12.2. The predicted molar refractivity (Wildman–Crippen MR) is 120 cm³/mol. The van der Waals surface area contributed by atoms with Gasteiger partial charge in [0, 0.05) is 6.04 Å². The molecule has 0 aromatic heterocycles. The fourth-order valence-electron chi connectivity index (χ4n) is 2.98. The molecule has 0 fully saturated rings. The molecule has 2 aromatic carbocycles. The van der Waals surface area contributed by atoms with Crippen LogP contribution in [0.3, 0.4) is 0 Å². The van der Waals surface area contributed by atoms with Gasteiger partial charge in [0.15, 0.2) is 0 Å². The highest BCUT2D eigenvalue weighted by Crippen LogP contribution is 2.24. The Kier molecular flexibility index (Phi) is 7.61. The van der Waals surface area contributed by atoms with Gasteiger partial charge in [-0.3, -0.25) is 13.9 Å². The summed E-state index contributed by atoms with van der Waals surface area (Å²) in [5.74, 6) is -0.834. The van der Waals surface area contributed by atoms with E-state index >= 15 is 0 Å². The van der Waals surface area contributed by atoms with Crippen molar-refractivity contribution in [3.8, 4) is 0 Å². The molecule has 0 saturated heterocycles. The number of carbonyl (C=O) groups excluding carboxylic acids is 2. The highest BCUT2D eigenvalue weighted by Gasteiger charge is 2.23. The van der Waals surface area contributed by atoms with Crippen molar-refractivity contribution < 1.29 is 18.0 Å². The van der Waals surface area contributed by atoms with Gasteiger partial charge < -0.3 is 10.6 Å². The standard InChI is InChI=1S/C22H29N3O4S/c1-6-17(4)23-22(27)18-9-7-8-10-19(18)24-21(26)14-25(30(5,28)29)20-12-11-15(2)13-16(20)3/h7-13,17H,6,14H2,1-5H3,(H,23,27)(H,24,26). The molecule has 0 spiro atoms. The number of hydrogen-bond acceptors (Lipinski definition) is 4. The van der Waals surface area contributed by atoms with Crippen molar-refractivity contribution >= 4 is 33.2 Å². The molecule has 2 aromatic rings. The van der Waals surface area contributed by atoms with Gasteiger partial charge in [-0.05, 0) is 51.0 Å². The maximum atomic E-state index is 12.7. The molecular weight excluding hydrogens is 402 g/mol. The molecule has 0 heterocycles. The van der Waals surface area contributed by atoms with Crippen molar-refractivity contribution in [2.45, 2.75) is 40.2 Å². The quantitative estimate of drug-likeness (QED) is 0.671. The molecular formula is C22H29N3O4S. The van der Waals surface area contributed by atoms with Crippen molar-refractivity contribution in [2.75, 3.05) is 22.4 Å². The number of para-hydroxylation sites is 1. The summed E-state index contributed by atoms with van der Waals surface area (Å²) in [4.78, 5) is 25.3. The summed E-state index contributed by atoms with van der Waals surface area (Å²) < 4.78 is 25.8. The number of benzene rings is 2. The Morgan fingerprint density at radius 2 is 1.77 bits per heavy atom. The first-order valence-corrected chi connectivity index (χ1v) is 11.6. The molecule has 2 N–H and O–H groups in total. The van der Waals surface area contributed by atoms with Crippen LogP contribution in [0.5, 0.6) is 0 Å². The lowest BCUT2D eigenvalue weighted by atomic mass is 10.1. The Hall–Kier alpha value is -2.87. The second kappa shape index (κ2) is 9.75. The summed E-state index contributed by atoms with van der Waals surface area (Å²) in [5.41, 5.74) is 2.85. The maximum Gasteiger partial charge on any atom is 0.253 e. The van der Waals surface area contributed by atoms with Crippen molar-refractivity contribution in [3.63, 3.8) is 0 Å². The Balaban J connectivity index is 2.26. The van der Waals surface area contributed by atoms with Gasteiger partial charge in [-0.2, -0.15) is 0 Å². The first-order valence-electron chi connectivity index (χ1n) is 9.77. The van der Waals surface area contributed by atoms with Crippen LogP contribution < -0.4 is 14.9 Å². The van der Waals surface area contributed by atoms with Crippen molar-refractivity contribution in [3.05, 3.63) is 59.2 Å². The lowest BCUT2D eigenvalue weighted by molar-refractivity contribution is -0.114. The smallest absolute Gasteiger partial charge is 0.253 e. The summed E-state index contributed by atoms with van der Waals surface area (Å²) in [5, 5.41) is 5.55. The average Bonchev–Trinajstić information content (AvgIpc) is 2.66. The first-order chi connectivity index (χ1) is 14.0. The molecule has 0 bridgehead atoms. The Bertz CT molecular complexity index is 1030. The Morgan fingerprint density at radius 1 is 1.10 bits per heavy atom. The summed E-state index contributed by atoms with van der Waals surface area (Å²) in [7, 11) is -3.69. The molecule has 162 valence electrons. The van der Waals surface area contributed by atoms with Crippen molar-refractivity contribution in [1.82, 2.24) is 5.32 Å². The third-order valence-corrected chi connectivity index (χ3v) is 5.87. The molecule has 1 unspecified atom stereocenters. The molecule has 0 aliphatic rings. The van der Waals surface area contributed by atoms with Gasteiger partial charge in [-0.15, -0.1) is 0 Å². The Labute approximate surface area is 178 Å². The molecule has 2 amide bonds. The third kappa shape index (κ3) is 6.06. The molecule has 2 rings (SSSR count). The van der Waals surface area contributed by atoms with Crippen LogP contribution in [0.2, 0.25) is 0 Å². The molecule has 30 heavy (non-hydrogen) atoms. The van der Waals surface area contributed by atoms with Crippen LogP contribution in [-0.2, 0) is 14.8 Å². The molecule has 0 saturated carbocycles. The van der Waals surface area contributed by atoms with Gasteiger partial charge >= 0.3 is 0 Å². The van der Waals surface area contributed by atoms with Gasteiger partial charge in [-0.1, -0.05) is 36.8 Å². The van der Waals surface area contributed by atoms with E-state index < -0.39 is 22.5 Å². The summed E-state index contributed by atoms with van der Waals surface area (Å²) in [6, 6.07) is 12.0. The van der Waals surface area contributed by atoms with Crippen molar-refractivity contribution in [2.24, 2.45) is 0 Å². The summed E-state index contributed by atoms with van der Waals surface area (Å²) in [6.07, 6.45) is 1.84. The fraction of sp³-hybridized carbons (Fsp3) is 0.364. The molecule has 8 heteroatoms. The maximum absolute atomic E-state index is 12.7. The first kappa shape index (κ1) is 23.4. The van der Waals surface area contributed by atoms with E-state index in [1.807, 2.05) is 26.8 Å². The SMILES string of the molecule is CCC(C)NC(=O)c1ccccc1NC(=O)CN(c1ccc(C)cc1C)S(C)(=O)=O. The van der Waals surface area contributed by atoms with E-state index in [1.54, 1.807) is 43.3 Å². The summed E-state index contributed by atoms with van der Waals surface area (Å²) in [6.45, 7) is 7.17. The van der Waals surface area contributed by atoms with Crippen LogP contribution >= 0.6 is 0 Å². The van der Waals surface area contributed by atoms with Crippen LogP contribution in [0.25, 0.3) is 0 Å². The fourth-order valence-corrected chi connectivity index (χ4v) is 3.89. The van der Waals surface area contributed by atoms with E-state index in [0.29, 0.717) is 16.9 Å². The summed E-state index contributed by atoms with van der Waals surface area (Å²) >= 11 is 0. The highest BCUT2D eigenvalue weighted by molar-refractivity contribution is 7.92. The second-order valence-corrected chi connectivity index (χ2v) is 9.34. The Morgan fingerprint density at radius 3 is 2.37 bits per heavy atom. The largest absolute Gasteiger partial charge is 0.350 e. The van der Waals surface area contributed by atoms with Gasteiger partial charge in [0.2, 0.25) is 15.9 Å². The zero-order valence-corrected chi connectivity index (χ0v) is 18.8. The van der Waals surface area contributed by atoms with Gasteiger partial charge in [0.25, 0.3) is 5.91 Å². The van der Waals surface area contributed by atoms with E-state index in [2.05, 4.69) is 10.6 Å². The van der Waals surface area contributed by atoms with E-state index in [-0.39, 0.29) is 11.9 Å². The highest BCUT2D eigenvalue weighted by atomic mass is 32.2.